The van der Waals surface area contributed by atoms with Gasteiger partial charge in [0, 0.05) is 37.1 Å². The normalized spacial score (nSPS) is 15.7. The first kappa shape index (κ1) is 20.3. The van der Waals surface area contributed by atoms with Gasteiger partial charge in [-0.3, -0.25) is 9.69 Å². The van der Waals surface area contributed by atoms with Crippen molar-refractivity contribution in [3.05, 3.63) is 83.2 Å². The number of rotatable bonds is 6. The Hall–Kier alpha value is -2.96. The van der Waals surface area contributed by atoms with E-state index in [2.05, 4.69) is 46.5 Å². The highest BCUT2D eigenvalue weighted by Gasteiger charge is 2.21. The number of aromatic nitrogens is 2. The summed E-state index contributed by atoms with van der Waals surface area (Å²) in [5.41, 5.74) is 4.96. The highest BCUT2D eigenvalue weighted by atomic mass is 16.5. The number of morpholine rings is 1. The first-order chi connectivity index (χ1) is 14.6. The summed E-state index contributed by atoms with van der Waals surface area (Å²) in [6, 6.07) is 17.8. The molecule has 2 heterocycles. The molecule has 1 N–H and O–H groups in total. The van der Waals surface area contributed by atoms with Crippen LogP contribution in [0.15, 0.2) is 60.8 Å². The Morgan fingerprint density at radius 1 is 1.03 bits per heavy atom. The molecule has 1 aromatic heterocycles. The fraction of sp³-hybridized carbons (Fsp3) is 0.333. The summed E-state index contributed by atoms with van der Waals surface area (Å²) in [4.78, 5) is 15.4. The topological polar surface area (TPSA) is 59.4 Å². The van der Waals surface area contributed by atoms with E-state index >= 15 is 0 Å². The third kappa shape index (κ3) is 4.78. The van der Waals surface area contributed by atoms with Crippen LogP contribution in [-0.4, -0.2) is 53.4 Å². The molecule has 156 valence electrons. The zero-order chi connectivity index (χ0) is 20.9. The average Bonchev–Trinajstić information content (AvgIpc) is 3.20. The van der Waals surface area contributed by atoms with E-state index in [1.807, 2.05) is 41.9 Å². The van der Waals surface area contributed by atoms with Crippen molar-refractivity contribution in [2.24, 2.45) is 0 Å². The molecule has 2 aromatic carbocycles. The molecule has 0 bridgehead atoms. The Morgan fingerprint density at radius 2 is 1.73 bits per heavy atom. The number of ether oxygens (including phenoxy) is 1. The van der Waals surface area contributed by atoms with Crippen LogP contribution in [0.3, 0.4) is 0 Å². The van der Waals surface area contributed by atoms with Crippen LogP contribution in [0.2, 0.25) is 0 Å². The molecule has 3 aromatic rings. The maximum atomic E-state index is 13.0. The molecule has 0 spiro atoms. The lowest BCUT2D eigenvalue weighted by Gasteiger charge is -2.31. The summed E-state index contributed by atoms with van der Waals surface area (Å²) >= 11 is 0. The van der Waals surface area contributed by atoms with Crippen molar-refractivity contribution in [3.8, 4) is 5.69 Å². The lowest BCUT2D eigenvalue weighted by molar-refractivity contribution is 0.0332. The largest absolute Gasteiger partial charge is 0.379 e. The molecule has 4 rings (SSSR count). The summed E-state index contributed by atoms with van der Waals surface area (Å²) in [6.45, 7) is 8.09. The molecule has 30 heavy (non-hydrogen) atoms. The third-order valence-electron chi connectivity index (χ3n) is 5.54. The highest BCUT2D eigenvalue weighted by Crippen LogP contribution is 2.18. The molecule has 0 aliphatic carbocycles. The lowest BCUT2D eigenvalue weighted by atomic mass is 10.0. The first-order valence-corrected chi connectivity index (χ1v) is 10.4. The molecule has 1 atom stereocenters. The smallest absolute Gasteiger partial charge is 0.251 e. The van der Waals surface area contributed by atoms with Gasteiger partial charge in [0.2, 0.25) is 0 Å². The molecule has 6 nitrogen and oxygen atoms in total. The van der Waals surface area contributed by atoms with Gasteiger partial charge in [-0.2, -0.15) is 5.10 Å². The highest BCUT2D eigenvalue weighted by molar-refractivity contribution is 5.94. The fourth-order valence-electron chi connectivity index (χ4n) is 3.71. The quantitative estimate of drug-likeness (QED) is 0.685. The SMILES string of the molecule is Cc1ccc([C@@H](CN2CCOCC2)NC(=O)c2ccc(-n3nccc3C)cc2)cc1. The number of amides is 1. The lowest BCUT2D eigenvalue weighted by Crippen LogP contribution is -2.43. The van der Waals surface area contributed by atoms with Gasteiger partial charge in [-0.1, -0.05) is 29.8 Å². The zero-order valence-corrected chi connectivity index (χ0v) is 17.5. The van der Waals surface area contributed by atoms with Gasteiger partial charge in [0.1, 0.15) is 0 Å². The van der Waals surface area contributed by atoms with E-state index in [0.29, 0.717) is 5.56 Å². The van der Waals surface area contributed by atoms with E-state index in [-0.39, 0.29) is 11.9 Å². The van der Waals surface area contributed by atoms with Gasteiger partial charge in [0.15, 0.2) is 0 Å². The van der Waals surface area contributed by atoms with Crippen LogP contribution >= 0.6 is 0 Å². The number of carbonyl (C=O) groups excluding carboxylic acids is 1. The predicted octanol–water partition coefficient (Wildman–Crippen LogP) is 3.29. The van der Waals surface area contributed by atoms with Crippen LogP contribution in [0.4, 0.5) is 0 Å². The second kappa shape index (κ2) is 9.24. The number of hydrogen-bond acceptors (Lipinski definition) is 4. The predicted molar refractivity (Wildman–Crippen MR) is 117 cm³/mol. The van der Waals surface area contributed by atoms with Crippen LogP contribution in [-0.2, 0) is 4.74 Å². The molecule has 0 radical (unpaired) electrons. The maximum absolute atomic E-state index is 13.0. The van der Waals surface area contributed by atoms with E-state index in [9.17, 15) is 4.79 Å². The minimum atomic E-state index is -0.0794. The fourth-order valence-corrected chi connectivity index (χ4v) is 3.71. The van der Waals surface area contributed by atoms with Crippen molar-refractivity contribution in [1.29, 1.82) is 0 Å². The van der Waals surface area contributed by atoms with Crippen molar-refractivity contribution >= 4 is 5.91 Å². The van der Waals surface area contributed by atoms with Crippen LogP contribution in [0, 0.1) is 13.8 Å². The van der Waals surface area contributed by atoms with Gasteiger partial charge >= 0.3 is 0 Å². The van der Waals surface area contributed by atoms with Gasteiger partial charge in [0.25, 0.3) is 5.91 Å². The monoisotopic (exact) mass is 404 g/mol. The van der Waals surface area contributed by atoms with Crippen molar-refractivity contribution in [3.63, 3.8) is 0 Å². The Kier molecular flexibility index (Phi) is 6.26. The van der Waals surface area contributed by atoms with Gasteiger partial charge in [-0.15, -0.1) is 0 Å². The Labute approximate surface area is 177 Å². The Balaban J connectivity index is 1.50. The van der Waals surface area contributed by atoms with Gasteiger partial charge in [0.05, 0.1) is 24.9 Å². The van der Waals surface area contributed by atoms with E-state index in [4.69, 9.17) is 4.74 Å². The summed E-state index contributed by atoms with van der Waals surface area (Å²) < 4.78 is 7.32. The Morgan fingerprint density at radius 3 is 2.37 bits per heavy atom. The van der Waals surface area contributed by atoms with Gasteiger partial charge in [-0.25, -0.2) is 4.68 Å². The molecule has 6 heteroatoms. The first-order valence-electron chi connectivity index (χ1n) is 10.4. The van der Waals surface area contributed by atoms with Crippen LogP contribution < -0.4 is 5.32 Å². The molecule has 1 saturated heterocycles. The van der Waals surface area contributed by atoms with Crippen LogP contribution in [0.5, 0.6) is 0 Å². The van der Waals surface area contributed by atoms with E-state index in [1.165, 1.54) is 5.56 Å². The molecule has 1 aliphatic rings. The number of hydrogen-bond donors (Lipinski definition) is 1. The van der Waals surface area contributed by atoms with E-state index < -0.39 is 0 Å². The number of benzene rings is 2. The second-order valence-electron chi connectivity index (χ2n) is 7.78. The maximum Gasteiger partial charge on any atom is 0.251 e. The molecule has 1 fully saturated rings. The standard InChI is InChI=1S/C24H28N4O2/c1-18-3-5-20(6-4-18)23(17-27-13-15-30-16-14-27)26-24(29)21-7-9-22(10-8-21)28-19(2)11-12-25-28/h3-12,23H,13-17H2,1-2H3,(H,26,29)/t23-/m1/s1. The molecular weight excluding hydrogens is 376 g/mol. The molecule has 1 aliphatic heterocycles. The number of carbonyl (C=O) groups is 1. The number of nitrogens with zero attached hydrogens (tertiary/aromatic N) is 3. The Bertz CT molecular complexity index is 973. The van der Waals surface area contributed by atoms with Gasteiger partial charge < -0.3 is 10.1 Å². The summed E-state index contributed by atoms with van der Waals surface area (Å²) in [6.07, 6.45) is 1.77. The number of nitrogens with one attached hydrogen (secondary N) is 1. The van der Waals surface area contributed by atoms with Crippen molar-refractivity contribution < 1.29 is 9.53 Å². The summed E-state index contributed by atoms with van der Waals surface area (Å²) in [5, 5.41) is 7.56. The minimum absolute atomic E-state index is 0.0717. The summed E-state index contributed by atoms with van der Waals surface area (Å²) in [7, 11) is 0. The average molecular weight is 405 g/mol. The second-order valence-corrected chi connectivity index (χ2v) is 7.78. The molecule has 0 saturated carbocycles. The third-order valence-corrected chi connectivity index (χ3v) is 5.54. The van der Waals surface area contributed by atoms with Crippen LogP contribution in [0.25, 0.3) is 5.69 Å². The molecular formula is C24H28N4O2. The molecule has 1 amide bonds. The van der Waals surface area contributed by atoms with Crippen molar-refractivity contribution in [2.45, 2.75) is 19.9 Å². The summed E-state index contributed by atoms with van der Waals surface area (Å²) in [5.74, 6) is -0.0717. The van der Waals surface area contributed by atoms with E-state index in [0.717, 1.165) is 49.8 Å². The molecule has 0 unspecified atom stereocenters. The zero-order valence-electron chi connectivity index (χ0n) is 17.5. The number of aryl methyl sites for hydroxylation is 2. The van der Waals surface area contributed by atoms with E-state index in [1.54, 1.807) is 6.20 Å². The van der Waals surface area contributed by atoms with Crippen molar-refractivity contribution in [2.75, 3.05) is 32.8 Å². The van der Waals surface area contributed by atoms with Gasteiger partial charge in [-0.05, 0) is 49.7 Å². The minimum Gasteiger partial charge on any atom is -0.379 e. The van der Waals surface area contributed by atoms with Crippen molar-refractivity contribution in [1.82, 2.24) is 20.0 Å². The van der Waals surface area contributed by atoms with Crippen LogP contribution in [0.1, 0.15) is 33.2 Å².